The number of aromatic nitrogens is 5. The van der Waals surface area contributed by atoms with Crippen LogP contribution in [-0.2, 0) is 12.8 Å². The summed E-state index contributed by atoms with van der Waals surface area (Å²) >= 11 is 1.64. The van der Waals surface area contributed by atoms with Gasteiger partial charge in [-0.15, -0.1) is 11.3 Å². The predicted octanol–water partition coefficient (Wildman–Crippen LogP) is 4.85. The molecule has 0 aliphatic heterocycles. The highest BCUT2D eigenvalue weighted by Crippen LogP contribution is 2.30. The van der Waals surface area contributed by atoms with Crippen LogP contribution in [0.2, 0.25) is 0 Å². The summed E-state index contributed by atoms with van der Waals surface area (Å²) in [7, 11) is 0. The molecule has 8 heteroatoms. The highest BCUT2D eigenvalue weighted by Gasteiger charge is 2.25. The number of carbonyl (C=O) groups is 1. The zero-order valence-corrected chi connectivity index (χ0v) is 19.6. The summed E-state index contributed by atoms with van der Waals surface area (Å²) in [6, 6.07) is 6.07. The first-order chi connectivity index (χ1) is 16.2. The smallest absolute Gasteiger partial charge is 0.255 e. The van der Waals surface area contributed by atoms with Gasteiger partial charge in [0.2, 0.25) is 0 Å². The lowest BCUT2D eigenvalue weighted by Crippen LogP contribution is -2.31. The average Bonchev–Trinajstić information content (AvgIpc) is 3.51. The van der Waals surface area contributed by atoms with Crippen molar-refractivity contribution in [2.45, 2.75) is 52.0 Å². The third kappa shape index (κ3) is 4.18. The van der Waals surface area contributed by atoms with E-state index in [0.29, 0.717) is 17.9 Å². The van der Waals surface area contributed by atoms with E-state index in [4.69, 9.17) is 4.98 Å². The minimum Gasteiger partial charge on any atom is -0.345 e. The van der Waals surface area contributed by atoms with Crippen LogP contribution < -0.4 is 5.32 Å². The van der Waals surface area contributed by atoms with Gasteiger partial charge >= 0.3 is 0 Å². The molecule has 4 heterocycles. The summed E-state index contributed by atoms with van der Waals surface area (Å²) in [6.07, 6.45) is 11.7. The molecule has 0 saturated carbocycles. The topological polar surface area (TPSA) is 85.6 Å². The maximum absolute atomic E-state index is 13.4. The highest BCUT2D eigenvalue weighted by atomic mass is 32.1. The van der Waals surface area contributed by atoms with Crippen LogP contribution in [0.5, 0.6) is 0 Å². The van der Waals surface area contributed by atoms with Crippen molar-refractivity contribution in [2.24, 2.45) is 0 Å². The monoisotopic (exact) mass is 458 g/mol. The average molecular weight is 459 g/mol. The Morgan fingerprint density at radius 2 is 2.18 bits per heavy atom. The van der Waals surface area contributed by atoms with Crippen molar-refractivity contribution in [3.63, 3.8) is 0 Å². The first kappa shape index (κ1) is 21.5. The summed E-state index contributed by atoms with van der Waals surface area (Å²) in [6.45, 7) is 4.10. The Balaban J connectivity index is 1.47. The first-order valence-electron chi connectivity index (χ1n) is 11.3. The molecule has 4 aromatic heterocycles. The third-order valence-electron chi connectivity index (χ3n) is 6.06. The number of amides is 1. The Hall–Kier alpha value is -3.39. The third-order valence-corrected chi connectivity index (χ3v) is 6.94. The van der Waals surface area contributed by atoms with Crippen LogP contribution >= 0.6 is 11.3 Å². The van der Waals surface area contributed by atoms with Crippen molar-refractivity contribution in [1.29, 1.82) is 0 Å². The summed E-state index contributed by atoms with van der Waals surface area (Å²) in [5.74, 6) is 0.380. The molecule has 0 aromatic carbocycles. The lowest BCUT2D eigenvalue weighted by Gasteiger charge is -2.26. The van der Waals surface area contributed by atoms with Crippen LogP contribution in [0.1, 0.15) is 65.0 Å². The molecule has 1 aliphatic carbocycles. The second-order valence-electron chi connectivity index (χ2n) is 8.34. The van der Waals surface area contributed by atoms with Crippen molar-refractivity contribution < 1.29 is 4.79 Å². The zero-order chi connectivity index (χ0) is 22.8. The molecule has 7 nitrogen and oxygen atoms in total. The summed E-state index contributed by atoms with van der Waals surface area (Å²) in [5.41, 5.74) is 5.70. The Bertz CT molecular complexity index is 1280. The standard InChI is InChI=1S/C25H26N6OS/c1-3-6-21-19(24(32)29-20-8-4-7-17-14-26-11-10-18(17)20)15-28-31(21)25-27-13-16(2)23(30-25)22-9-5-12-33-22/h5,9-15,20H,3-4,6-8H2,1-2H3,(H,29,32). The number of aryl methyl sites for hydroxylation is 2. The minimum atomic E-state index is -0.107. The summed E-state index contributed by atoms with van der Waals surface area (Å²) < 4.78 is 1.72. The molecule has 0 bridgehead atoms. The van der Waals surface area contributed by atoms with Crippen LogP contribution in [0.4, 0.5) is 0 Å². The largest absolute Gasteiger partial charge is 0.345 e. The van der Waals surface area contributed by atoms with Gasteiger partial charge in [-0.05, 0) is 66.8 Å². The van der Waals surface area contributed by atoms with Crippen molar-refractivity contribution >= 4 is 17.2 Å². The zero-order valence-electron chi connectivity index (χ0n) is 18.8. The van der Waals surface area contributed by atoms with Gasteiger partial charge < -0.3 is 5.32 Å². The number of carbonyl (C=O) groups excluding carboxylic acids is 1. The van der Waals surface area contributed by atoms with Gasteiger partial charge in [0.1, 0.15) is 0 Å². The van der Waals surface area contributed by atoms with Crippen LogP contribution in [0, 0.1) is 6.92 Å². The Kier molecular flexibility index (Phi) is 6.00. The molecule has 0 radical (unpaired) electrons. The highest BCUT2D eigenvalue weighted by molar-refractivity contribution is 7.13. The molecule has 5 rings (SSSR count). The second-order valence-corrected chi connectivity index (χ2v) is 9.29. The normalized spacial score (nSPS) is 15.3. The van der Waals surface area contributed by atoms with E-state index in [9.17, 15) is 4.79 Å². The SMILES string of the molecule is CCCc1c(C(=O)NC2CCCc3cnccc32)cnn1-c1ncc(C)c(-c2cccs2)n1. The van der Waals surface area contributed by atoms with E-state index in [1.54, 1.807) is 28.4 Å². The number of fused-ring (bicyclic) bond motifs is 1. The minimum absolute atomic E-state index is 0.0110. The van der Waals surface area contributed by atoms with Crippen LogP contribution in [0.3, 0.4) is 0 Å². The first-order valence-corrected chi connectivity index (χ1v) is 12.2. The summed E-state index contributed by atoms with van der Waals surface area (Å²) in [5, 5.41) is 9.82. The fourth-order valence-electron chi connectivity index (χ4n) is 4.44. The molecular formula is C25H26N6OS. The van der Waals surface area contributed by atoms with Gasteiger partial charge in [-0.25, -0.2) is 14.6 Å². The number of nitrogens with one attached hydrogen (secondary N) is 1. The molecule has 1 N–H and O–H groups in total. The molecule has 1 atom stereocenters. The molecule has 1 aliphatic rings. The lowest BCUT2D eigenvalue weighted by atomic mass is 9.89. The van der Waals surface area contributed by atoms with E-state index in [1.165, 1.54) is 5.56 Å². The van der Waals surface area contributed by atoms with Crippen molar-refractivity contribution in [2.75, 3.05) is 0 Å². The number of hydrogen-bond donors (Lipinski definition) is 1. The van der Waals surface area contributed by atoms with Crippen LogP contribution in [0.25, 0.3) is 16.5 Å². The van der Waals surface area contributed by atoms with Gasteiger partial charge in [0.05, 0.1) is 34.1 Å². The second kappa shape index (κ2) is 9.23. The van der Waals surface area contributed by atoms with Gasteiger partial charge in [-0.3, -0.25) is 9.78 Å². The van der Waals surface area contributed by atoms with Crippen molar-refractivity contribution in [3.8, 4) is 16.5 Å². The molecule has 1 unspecified atom stereocenters. The van der Waals surface area contributed by atoms with Gasteiger partial charge in [-0.2, -0.15) is 5.10 Å². The number of thiophene rings is 1. The number of nitrogens with zero attached hydrogens (tertiary/aromatic N) is 5. The van der Waals surface area contributed by atoms with Gasteiger partial charge in [0.15, 0.2) is 0 Å². The Morgan fingerprint density at radius 1 is 1.27 bits per heavy atom. The molecular weight excluding hydrogens is 432 g/mol. The molecule has 1 amide bonds. The lowest BCUT2D eigenvalue weighted by molar-refractivity contribution is 0.0931. The fourth-order valence-corrected chi connectivity index (χ4v) is 5.21. The van der Waals surface area contributed by atoms with Crippen LogP contribution in [0.15, 0.2) is 48.4 Å². The van der Waals surface area contributed by atoms with Crippen LogP contribution in [-0.4, -0.2) is 30.6 Å². The number of hydrogen-bond acceptors (Lipinski definition) is 6. The van der Waals surface area contributed by atoms with Gasteiger partial charge in [0.25, 0.3) is 11.9 Å². The van der Waals surface area contributed by atoms with E-state index < -0.39 is 0 Å². The molecule has 0 saturated heterocycles. The van der Waals surface area contributed by atoms with Crippen molar-refractivity contribution in [3.05, 3.63) is 76.3 Å². The van der Waals surface area contributed by atoms with E-state index in [-0.39, 0.29) is 11.9 Å². The molecule has 168 valence electrons. The van der Waals surface area contributed by atoms with Gasteiger partial charge in [0, 0.05) is 18.6 Å². The Morgan fingerprint density at radius 3 is 3.00 bits per heavy atom. The molecule has 4 aromatic rings. The fraction of sp³-hybridized carbons (Fsp3) is 0.320. The number of rotatable bonds is 6. The summed E-state index contributed by atoms with van der Waals surface area (Å²) in [4.78, 5) is 28.0. The van der Waals surface area contributed by atoms with Crippen molar-refractivity contribution in [1.82, 2.24) is 30.0 Å². The van der Waals surface area contributed by atoms with E-state index in [1.807, 2.05) is 36.8 Å². The Labute approximate surface area is 196 Å². The van der Waals surface area contributed by atoms with E-state index in [0.717, 1.165) is 53.1 Å². The predicted molar refractivity (Wildman–Crippen MR) is 129 cm³/mol. The van der Waals surface area contributed by atoms with E-state index >= 15 is 0 Å². The quantitative estimate of drug-likeness (QED) is 0.446. The molecule has 0 spiro atoms. The number of pyridine rings is 1. The van der Waals surface area contributed by atoms with Gasteiger partial charge in [-0.1, -0.05) is 19.4 Å². The maximum atomic E-state index is 13.4. The molecule has 33 heavy (non-hydrogen) atoms. The molecule has 0 fully saturated rings. The van der Waals surface area contributed by atoms with E-state index in [2.05, 4.69) is 33.4 Å². The maximum Gasteiger partial charge on any atom is 0.255 e.